The maximum Gasteiger partial charge on any atom is 0.179 e. The van der Waals surface area contributed by atoms with Crippen molar-refractivity contribution in [1.29, 1.82) is 0 Å². The van der Waals surface area contributed by atoms with Crippen LogP contribution in [0.2, 0.25) is 5.02 Å². The summed E-state index contributed by atoms with van der Waals surface area (Å²) in [6.45, 7) is 8.60. The Kier molecular flexibility index (Phi) is 4.32. The third-order valence-electron chi connectivity index (χ3n) is 4.19. The number of piperidine rings is 1. The van der Waals surface area contributed by atoms with Gasteiger partial charge in [-0.05, 0) is 50.4 Å². The monoisotopic (exact) mass is 279 g/mol. The summed E-state index contributed by atoms with van der Waals surface area (Å²) >= 11 is 5.95. The molecule has 1 saturated heterocycles. The summed E-state index contributed by atoms with van der Waals surface area (Å²) in [5, 5.41) is 0.623. The highest BCUT2D eigenvalue weighted by molar-refractivity contribution is 6.31. The van der Waals surface area contributed by atoms with Gasteiger partial charge in [0.1, 0.15) is 0 Å². The van der Waals surface area contributed by atoms with Gasteiger partial charge in [-0.25, -0.2) is 0 Å². The lowest BCUT2D eigenvalue weighted by Crippen LogP contribution is -2.45. The molecule has 1 atom stereocenters. The van der Waals surface area contributed by atoms with Gasteiger partial charge in [-0.3, -0.25) is 9.69 Å². The largest absolute Gasteiger partial charge is 0.293 e. The normalized spacial score (nSPS) is 21.1. The average Bonchev–Trinajstić information content (AvgIpc) is 2.37. The zero-order valence-electron chi connectivity index (χ0n) is 11.9. The second kappa shape index (κ2) is 5.64. The summed E-state index contributed by atoms with van der Waals surface area (Å²) < 4.78 is 0. The van der Waals surface area contributed by atoms with Gasteiger partial charge >= 0.3 is 0 Å². The van der Waals surface area contributed by atoms with Crippen LogP contribution in [-0.2, 0) is 0 Å². The molecule has 0 bridgehead atoms. The standard InChI is InChI=1S/C16H22ClNO/c1-12(18-9-7-16(2,3)8-10-18)15(19)13-5-4-6-14(17)11-13/h4-6,11-12H,7-10H2,1-3H3. The van der Waals surface area contributed by atoms with E-state index < -0.39 is 0 Å². The van der Waals surface area contributed by atoms with Gasteiger partial charge in [-0.15, -0.1) is 0 Å². The molecule has 1 heterocycles. The predicted molar refractivity (Wildman–Crippen MR) is 79.8 cm³/mol. The fourth-order valence-corrected chi connectivity index (χ4v) is 2.76. The number of benzene rings is 1. The maximum absolute atomic E-state index is 12.5. The molecule has 0 saturated carbocycles. The quantitative estimate of drug-likeness (QED) is 0.779. The molecule has 0 N–H and O–H groups in total. The molecule has 0 amide bonds. The highest BCUT2D eigenvalue weighted by Gasteiger charge is 2.30. The zero-order chi connectivity index (χ0) is 14.0. The second-order valence-electron chi connectivity index (χ2n) is 6.25. The van der Waals surface area contributed by atoms with Crippen molar-refractivity contribution in [1.82, 2.24) is 4.90 Å². The Morgan fingerprint density at radius 1 is 1.32 bits per heavy atom. The first kappa shape index (κ1) is 14.5. The minimum absolute atomic E-state index is 0.0606. The Morgan fingerprint density at radius 3 is 2.53 bits per heavy atom. The summed E-state index contributed by atoms with van der Waals surface area (Å²) in [5.41, 5.74) is 1.12. The number of halogens is 1. The Labute approximate surface area is 120 Å². The van der Waals surface area contributed by atoms with Crippen molar-refractivity contribution in [3.05, 3.63) is 34.9 Å². The van der Waals surface area contributed by atoms with Crippen molar-refractivity contribution >= 4 is 17.4 Å². The molecule has 2 nitrogen and oxygen atoms in total. The summed E-state index contributed by atoms with van der Waals surface area (Å²) in [6, 6.07) is 7.18. The van der Waals surface area contributed by atoms with Gasteiger partial charge in [-0.2, -0.15) is 0 Å². The first-order chi connectivity index (χ1) is 8.89. The van der Waals surface area contributed by atoms with Crippen LogP contribution in [0.4, 0.5) is 0 Å². The molecular formula is C16H22ClNO. The van der Waals surface area contributed by atoms with Gasteiger partial charge < -0.3 is 0 Å². The van der Waals surface area contributed by atoms with Crippen molar-refractivity contribution in [3.63, 3.8) is 0 Å². The lowest BCUT2D eigenvalue weighted by Gasteiger charge is -2.39. The second-order valence-corrected chi connectivity index (χ2v) is 6.69. The lowest BCUT2D eigenvalue weighted by atomic mass is 9.82. The smallest absolute Gasteiger partial charge is 0.179 e. The Hall–Kier alpha value is -0.860. The lowest BCUT2D eigenvalue weighted by molar-refractivity contribution is 0.0687. The molecular weight excluding hydrogens is 258 g/mol. The number of carbonyl (C=O) groups is 1. The van der Waals surface area contributed by atoms with Crippen LogP contribution in [-0.4, -0.2) is 29.8 Å². The number of hydrogen-bond acceptors (Lipinski definition) is 2. The summed E-state index contributed by atoms with van der Waals surface area (Å²) in [5.74, 6) is 0.169. The van der Waals surface area contributed by atoms with E-state index in [1.54, 1.807) is 12.1 Å². The number of Topliss-reactive ketones (excluding diaryl/α,β-unsaturated/α-hetero) is 1. The minimum Gasteiger partial charge on any atom is -0.293 e. The Bertz CT molecular complexity index is 460. The Balaban J connectivity index is 2.04. The predicted octanol–water partition coefficient (Wildman–Crippen LogP) is 4.03. The average molecular weight is 280 g/mol. The number of hydrogen-bond donors (Lipinski definition) is 0. The molecule has 1 aliphatic heterocycles. The van der Waals surface area contributed by atoms with E-state index in [9.17, 15) is 4.79 Å². The van der Waals surface area contributed by atoms with Gasteiger partial charge in [0.15, 0.2) is 5.78 Å². The molecule has 0 aliphatic carbocycles. The number of rotatable bonds is 3. The first-order valence-electron chi connectivity index (χ1n) is 6.93. The number of carbonyl (C=O) groups excluding carboxylic acids is 1. The highest BCUT2D eigenvalue weighted by Crippen LogP contribution is 2.31. The zero-order valence-corrected chi connectivity index (χ0v) is 12.7. The SMILES string of the molecule is CC(C(=O)c1cccc(Cl)c1)N1CCC(C)(C)CC1. The fourth-order valence-electron chi connectivity index (χ4n) is 2.57. The van der Waals surface area contributed by atoms with Crippen LogP contribution in [0.15, 0.2) is 24.3 Å². The van der Waals surface area contributed by atoms with Crippen LogP contribution in [0.3, 0.4) is 0 Å². The highest BCUT2D eigenvalue weighted by atomic mass is 35.5. The van der Waals surface area contributed by atoms with Gasteiger partial charge in [0.25, 0.3) is 0 Å². The van der Waals surface area contributed by atoms with E-state index in [0.29, 0.717) is 16.0 Å². The van der Waals surface area contributed by atoms with Gasteiger partial charge in [0.2, 0.25) is 0 Å². The fraction of sp³-hybridized carbons (Fsp3) is 0.562. The Morgan fingerprint density at radius 2 is 1.95 bits per heavy atom. The van der Waals surface area contributed by atoms with Gasteiger partial charge in [0, 0.05) is 10.6 Å². The van der Waals surface area contributed by atoms with Crippen LogP contribution in [0, 0.1) is 5.41 Å². The summed E-state index contributed by atoms with van der Waals surface area (Å²) in [4.78, 5) is 14.7. The van der Waals surface area contributed by atoms with E-state index in [4.69, 9.17) is 11.6 Å². The molecule has 1 fully saturated rings. The molecule has 0 spiro atoms. The van der Waals surface area contributed by atoms with E-state index in [-0.39, 0.29) is 11.8 Å². The third kappa shape index (κ3) is 3.58. The molecule has 2 rings (SSSR count). The molecule has 1 aromatic carbocycles. The molecule has 3 heteroatoms. The maximum atomic E-state index is 12.5. The van der Waals surface area contributed by atoms with Crippen molar-refractivity contribution < 1.29 is 4.79 Å². The van der Waals surface area contributed by atoms with E-state index >= 15 is 0 Å². The van der Waals surface area contributed by atoms with Gasteiger partial charge in [-0.1, -0.05) is 37.6 Å². The van der Waals surface area contributed by atoms with Crippen molar-refractivity contribution in [2.24, 2.45) is 5.41 Å². The minimum atomic E-state index is -0.0606. The molecule has 1 unspecified atom stereocenters. The van der Waals surface area contributed by atoms with Crippen LogP contribution in [0.5, 0.6) is 0 Å². The number of ketones is 1. The van der Waals surface area contributed by atoms with Crippen LogP contribution >= 0.6 is 11.6 Å². The molecule has 104 valence electrons. The summed E-state index contributed by atoms with van der Waals surface area (Å²) in [6.07, 6.45) is 2.31. The van der Waals surface area contributed by atoms with Crippen molar-refractivity contribution in [2.45, 2.75) is 39.7 Å². The van der Waals surface area contributed by atoms with E-state index in [2.05, 4.69) is 18.7 Å². The first-order valence-corrected chi connectivity index (χ1v) is 7.31. The number of nitrogens with zero attached hydrogens (tertiary/aromatic N) is 1. The molecule has 0 radical (unpaired) electrons. The van der Waals surface area contributed by atoms with E-state index in [1.807, 2.05) is 19.1 Å². The number of likely N-dealkylation sites (tertiary alicyclic amines) is 1. The van der Waals surface area contributed by atoms with Crippen LogP contribution in [0.25, 0.3) is 0 Å². The molecule has 1 aliphatic rings. The summed E-state index contributed by atoms with van der Waals surface area (Å²) in [7, 11) is 0. The van der Waals surface area contributed by atoms with Crippen molar-refractivity contribution in [3.8, 4) is 0 Å². The van der Waals surface area contributed by atoms with E-state index in [0.717, 1.165) is 25.9 Å². The molecule has 0 aromatic heterocycles. The van der Waals surface area contributed by atoms with Crippen LogP contribution < -0.4 is 0 Å². The molecule has 19 heavy (non-hydrogen) atoms. The van der Waals surface area contributed by atoms with Crippen molar-refractivity contribution in [2.75, 3.05) is 13.1 Å². The third-order valence-corrected chi connectivity index (χ3v) is 4.42. The van der Waals surface area contributed by atoms with Gasteiger partial charge in [0.05, 0.1) is 6.04 Å². The van der Waals surface area contributed by atoms with Crippen LogP contribution in [0.1, 0.15) is 44.0 Å². The topological polar surface area (TPSA) is 20.3 Å². The molecule has 1 aromatic rings. The van der Waals surface area contributed by atoms with E-state index in [1.165, 1.54) is 0 Å².